The molecular weight excluding hydrogens is 198 g/mol. The van der Waals surface area contributed by atoms with Crippen molar-refractivity contribution in [2.24, 2.45) is 5.73 Å². The van der Waals surface area contributed by atoms with Crippen LogP contribution in [0.25, 0.3) is 0 Å². The van der Waals surface area contributed by atoms with E-state index in [0.29, 0.717) is 6.04 Å². The summed E-state index contributed by atoms with van der Waals surface area (Å²) in [5.41, 5.74) is 7.50. The van der Waals surface area contributed by atoms with Crippen molar-refractivity contribution >= 4 is 0 Å². The Hall–Kier alpha value is -0.830. The fourth-order valence-electron chi connectivity index (χ4n) is 3.01. The molecule has 0 radical (unpaired) electrons. The second-order valence-corrected chi connectivity index (χ2v) is 5.62. The molecule has 0 amide bonds. The Kier molecular flexibility index (Phi) is 2.51. The summed E-state index contributed by atoms with van der Waals surface area (Å²) in [5, 5.41) is 4.70. The fourth-order valence-corrected chi connectivity index (χ4v) is 3.01. The van der Waals surface area contributed by atoms with E-state index in [2.05, 4.69) is 16.9 Å². The number of aromatic nitrogens is 2. The van der Waals surface area contributed by atoms with E-state index in [9.17, 15) is 0 Å². The van der Waals surface area contributed by atoms with Crippen LogP contribution in [0.5, 0.6) is 0 Å². The van der Waals surface area contributed by atoms with E-state index < -0.39 is 0 Å². The van der Waals surface area contributed by atoms with Gasteiger partial charge in [0.15, 0.2) is 0 Å². The van der Waals surface area contributed by atoms with Gasteiger partial charge >= 0.3 is 0 Å². The SMILES string of the molecule is NC1(Cc2ccn(C3CCCC3)n2)CCC1. The smallest absolute Gasteiger partial charge is 0.0643 e. The molecule has 0 aromatic carbocycles. The van der Waals surface area contributed by atoms with Crippen LogP contribution in [-0.4, -0.2) is 15.3 Å². The lowest BCUT2D eigenvalue weighted by Gasteiger charge is -2.37. The zero-order valence-corrected chi connectivity index (χ0v) is 9.86. The Morgan fingerprint density at radius 1 is 1.31 bits per heavy atom. The molecule has 2 aliphatic carbocycles. The van der Waals surface area contributed by atoms with Gasteiger partial charge in [-0.25, -0.2) is 0 Å². The number of rotatable bonds is 3. The average molecular weight is 219 g/mol. The zero-order valence-electron chi connectivity index (χ0n) is 9.86. The predicted octanol–water partition coefficient (Wildman–Crippen LogP) is 2.42. The van der Waals surface area contributed by atoms with Gasteiger partial charge in [0, 0.05) is 18.2 Å². The summed E-state index contributed by atoms with van der Waals surface area (Å²) in [6, 6.07) is 2.81. The van der Waals surface area contributed by atoms with Gasteiger partial charge < -0.3 is 5.73 Å². The molecule has 2 saturated carbocycles. The van der Waals surface area contributed by atoms with E-state index in [1.54, 1.807) is 0 Å². The number of nitrogens with two attached hydrogens (primary N) is 1. The molecule has 3 heteroatoms. The second kappa shape index (κ2) is 3.88. The fraction of sp³-hybridized carbons (Fsp3) is 0.769. The Morgan fingerprint density at radius 3 is 2.69 bits per heavy atom. The Labute approximate surface area is 97.0 Å². The van der Waals surface area contributed by atoms with Crippen molar-refractivity contribution in [1.29, 1.82) is 0 Å². The van der Waals surface area contributed by atoms with Crippen LogP contribution in [0.3, 0.4) is 0 Å². The van der Waals surface area contributed by atoms with Crippen molar-refractivity contribution in [2.75, 3.05) is 0 Å². The molecule has 0 unspecified atom stereocenters. The van der Waals surface area contributed by atoms with Crippen LogP contribution in [0.15, 0.2) is 12.3 Å². The minimum atomic E-state index is 0.0643. The quantitative estimate of drug-likeness (QED) is 0.848. The van der Waals surface area contributed by atoms with Gasteiger partial charge in [-0.05, 0) is 38.2 Å². The molecule has 1 aromatic heterocycles. The minimum absolute atomic E-state index is 0.0643. The molecule has 0 atom stereocenters. The summed E-state index contributed by atoms with van der Waals surface area (Å²) in [5.74, 6) is 0. The molecule has 16 heavy (non-hydrogen) atoms. The molecule has 2 fully saturated rings. The summed E-state index contributed by atoms with van der Waals surface area (Å²) < 4.78 is 2.17. The van der Waals surface area contributed by atoms with Crippen LogP contribution >= 0.6 is 0 Å². The van der Waals surface area contributed by atoms with Gasteiger partial charge in [0.05, 0.1) is 11.7 Å². The third kappa shape index (κ3) is 1.88. The zero-order chi connectivity index (χ0) is 11.0. The number of hydrogen-bond acceptors (Lipinski definition) is 2. The summed E-state index contributed by atoms with van der Waals surface area (Å²) in [6.45, 7) is 0. The molecule has 0 saturated heterocycles. The predicted molar refractivity (Wildman–Crippen MR) is 64.2 cm³/mol. The van der Waals surface area contributed by atoms with Crippen LogP contribution in [0.4, 0.5) is 0 Å². The van der Waals surface area contributed by atoms with E-state index in [-0.39, 0.29) is 5.54 Å². The Bertz CT molecular complexity index is 359. The van der Waals surface area contributed by atoms with E-state index in [1.807, 2.05) is 0 Å². The molecule has 1 aromatic rings. The maximum absolute atomic E-state index is 6.25. The van der Waals surface area contributed by atoms with Crippen LogP contribution in [0.2, 0.25) is 0 Å². The van der Waals surface area contributed by atoms with Gasteiger partial charge in [-0.3, -0.25) is 4.68 Å². The maximum atomic E-state index is 6.25. The topological polar surface area (TPSA) is 43.8 Å². The maximum Gasteiger partial charge on any atom is 0.0643 e. The van der Waals surface area contributed by atoms with Crippen molar-refractivity contribution < 1.29 is 0 Å². The molecular formula is C13H21N3. The van der Waals surface area contributed by atoms with Crippen molar-refractivity contribution in [1.82, 2.24) is 9.78 Å². The molecule has 2 aliphatic rings. The molecule has 1 heterocycles. The van der Waals surface area contributed by atoms with Crippen molar-refractivity contribution in [3.05, 3.63) is 18.0 Å². The van der Waals surface area contributed by atoms with Gasteiger partial charge in [-0.15, -0.1) is 0 Å². The van der Waals surface area contributed by atoms with Crippen LogP contribution in [0, 0.1) is 0 Å². The van der Waals surface area contributed by atoms with E-state index in [0.717, 1.165) is 6.42 Å². The highest BCUT2D eigenvalue weighted by atomic mass is 15.3. The van der Waals surface area contributed by atoms with Crippen molar-refractivity contribution in [2.45, 2.75) is 62.9 Å². The standard InChI is InChI=1S/C13H21N3/c14-13(7-3-8-13)10-11-6-9-16(15-11)12-4-1-2-5-12/h6,9,12H,1-5,7-8,10,14H2. The lowest BCUT2D eigenvalue weighted by atomic mass is 9.75. The second-order valence-electron chi connectivity index (χ2n) is 5.62. The highest BCUT2D eigenvalue weighted by Crippen LogP contribution is 2.33. The molecule has 88 valence electrons. The molecule has 2 N–H and O–H groups in total. The third-order valence-corrected chi connectivity index (χ3v) is 4.24. The molecule has 0 bridgehead atoms. The van der Waals surface area contributed by atoms with Crippen LogP contribution in [0.1, 0.15) is 56.7 Å². The summed E-state index contributed by atoms with van der Waals surface area (Å²) in [6.07, 6.45) is 12.1. The first-order chi connectivity index (χ1) is 7.75. The molecule has 0 spiro atoms. The molecule has 0 aliphatic heterocycles. The summed E-state index contributed by atoms with van der Waals surface area (Å²) >= 11 is 0. The number of hydrogen-bond donors (Lipinski definition) is 1. The lowest BCUT2D eigenvalue weighted by molar-refractivity contribution is 0.244. The first-order valence-corrected chi connectivity index (χ1v) is 6.58. The van der Waals surface area contributed by atoms with E-state index in [4.69, 9.17) is 10.8 Å². The average Bonchev–Trinajstić information content (AvgIpc) is 2.83. The minimum Gasteiger partial charge on any atom is -0.325 e. The van der Waals surface area contributed by atoms with Gasteiger partial charge in [0.2, 0.25) is 0 Å². The summed E-state index contributed by atoms with van der Waals surface area (Å²) in [7, 11) is 0. The number of nitrogens with zero attached hydrogens (tertiary/aromatic N) is 2. The normalized spacial score (nSPS) is 24.6. The van der Waals surface area contributed by atoms with E-state index in [1.165, 1.54) is 50.6 Å². The first kappa shape index (κ1) is 10.3. The van der Waals surface area contributed by atoms with E-state index >= 15 is 0 Å². The largest absolute Gasteiger partial charge is 0.325 e. The Morgan fingerprint density at radius 2 is 2.06 bits per heavy atom. The van der Waals surface area contributed by atoms with Crippen LogP contribution < -0.4 is 5.73 Å². The van der Waals surface area contributed by atoms with Gasteiger partial charge in [-0.1, -0.05) is 12.8 Å². The summed E-state index contributed by atoms with van der Waals surface area (Å²) in [4.78, 5) is 0. The van der Waals surface area contributed by atoms with Crippen LogP contribution in [-0.2, 0) is 6.42 Å². The first-order valence-electron chi connectivity index (χ1n) is 6.58. The third-order valence-electron chi connectivity index (χ3n) is 4.24. The van der Waals surface area contributed by atoms with Crippen molar-refractivity contribution in [3.63, 3.8) is 0 Å². The molecule has 3 nitrogen and oxygen atoms in total. The highest BCUT2D eigenvalue weighted by molar-refractivity contribution is 5.08. The van der Waals surface area contributed by atoms with Crippen molar-refractivity contribution in [3.8, 4) is 0 Å². The molecule has 3 rings (SSSR count). The van der Waals surface area contributed by atoms with Gasteiger partial charge in [0.1, 0.15) is 0 Å². The monoisotopic (exact) mass is 219 g/mol. The van der Waals surface area contributed by atoms with Gasteiger partial charge in [-0.2, -0.15) is 5.10 Å². The Balaban J connectivity index is 1.67. The van der Waals surface area contributed by atoms with Gasteiger partial charge in [0.25, 0.3) is 0 Å². The highest BCUT2D eigenvalue weighted by Gasteiger charge is 2.33. The lowest BCUT2D eigenvalue weighted by Crippen LogP contribution is -2.48.